The number of esters is 2. The molecular weight excluding hydrogens is 708 g/mol. The van der Waals surface area contributed by atoms with Gasteiger partial charge in [-0.2, -0.15) is 9.97 Å². The van der Waals surface area contributed by atoms with Gasteiger partial charge >= 0.3 is 11.9 Å². The zero-order valence-electron chi connectivity index (χ0n) is 32.2. The smallest absolute Gasteiger partial charge is 0.340 e. The minimum Gasteiger partial charge on any atom is -0.497 e. The Morgan fingerprint density at radius 2 is 1.02 bits per heavy atom. The SMILES string of the molecule is COC(=O)c1cc(OC)nc(OC)c1N(Cc1ccccc1)Cc1ccc(OC)cc1.COC(=O)c1cc(OC)nc(OC)c1NCc1ccc(OC)cc1. The summed E-state index contributed by atoms with van der Waals surface area (Å²) in [5.74, 6) is 1.61. The van der Waals surface area contributed by atoms with Crippen molar-refractivity contribution < 1.29 is 47.5 Å². The quantitative estimate of drug-likeness (QED) is 0.108. The number of anilines is 2. The van der Waals surface area contributed by atoms with E-state index in [9.17, 15) is 9.59 Å². The standard InChI is InChI=1S/C24H26N2O5.C17H20N2O5/c1-28-19-12-10-18(11-13-19)16-26(15-17-8-6-5-7-9-17)22-20(24(27)31-4)14-21(29-2)25-23(22)30-3;1-21-12-7-5-11(6-8-12)10-18-15-13(17(20)24-4)9-14(22-2)19-16(15)23-3/h5-14H,15-16H2,1-4H3;5-9,18H,10H2,1-4H3. The van der Waals surface area contributed by atoms with E-state index in [1.807, 2.05) is 83.8 Å². The third-order valence-electron chi connectivity index (χ3n) is 8.21. The number of carbonyl (C=O) groups excluding carboxylic acids is 2. The molecule has 0 fully saturated rings. The van der Waals surface area contributed by atoms with E-state index in [0.717, 1.165) is 28.2 Å². The molecule has 3 aromatic carbocycles. The fraction of sp³-hybridized carbons (Fsp3) is 0.268. The van der Waals surface area contributed by atoms with Crippen LogP contribution >= 0.6 is 0 Å². The van der Waals surface area contributed by atoms with Gasteiger partial charge in [0.15, 0.2) is 0 Å². The molecule has 0 aliphatic heterocycles. The van der Waals surface area contributed by atoms with Crippen molar-refractivity contribution in [3.63, 3.8) is 0 Å². The summed E-state index contributed by atoms with van der Waals surface area (Å²) < 4.78 is 41.4. The number of rotatable bonds is 16. The van der Waals surface area contributed by atoms with Crippen LogP contribution in [-0.4, -0.2) is 78.8 Å². The summed E-state index contributed by atoms with van der Waals surface area (Å²) in [6, 6.07) is 28.4. The molecule has 0 aliphatic carbocycles. The molecule has 0 bridgehead atoms. The number of pyridine rings is 2. The second kappa shape index (κ2) is 20.5. The number of carbonyl (C=O) groups is 2. The molecule has 0 saturated heterocycles. The molecule has 0 aliphatic rings. The van der Waals surface area contributed by atoms with Crippen LogP contribution in [0, 0.1) is 0 Å². The number of ether oxygens (including phenoxy) is 8. The third-order valence-corrected chi connectivity index (χ3v) is 8.21. The summed E-state index contributed by atoms with van der Waals surface area (Å²) in [5, 5.41) is 3.17. The Labute approximate surface area is 320 Å². The lowest BCUT2D eigenvalue weighted by Crippen LogP contribution is -2.25. The Hall–Kier alpha value is -6.70. The van der Waals surface area contributed by atoms with Crippen LogP contribution in [0.25, 0.3) is 0 Å². The molecule has 2 aromatic heterocycles. The Morgan fingerprint density at radius 1 is 0.545 bits per heavy atom. The average molecular weight is 755 g/mol. The Bertz CT molecular complexity index is 1990. The van der Waals surface area contributed by atoms with Gasteiger partial charge in [-0.1, -0.05) is 54.6 Å². The molecular formula is C41H46N4O10. The van der Waals surface area contributed by atoms with Crippen LogP contribution in [0.5, 0.6) is 35.0 Å². The zero-order valence-corrected chi connectivity index (χ0v) is 32.2. The van der Waals surface area contributed by atoms with Gasteiger partial charge in [-0.25, -0.2) is 9.59 Å². The first kappa shape index (κ1) is 41.1. The van der Waals surface area contributed by atoms with Gasteiger partial charge in [0.05, 0.1) is 68.0 Å². The lowest BCUT2D eigenvalue weighted by Gasteiger charge is -2.28. The summed E-state index contributed by atoms with van der Waals surface area (Å²) in [7, 11) is 11.8. The molecule has 5 rings (SSSR count). The second-order valence-corrected chi connectivity index (χ2v) is 11.5. The Balaban J connectivity index is 0.000000253. The summed E-state index contributed by atoms with van der Waals surface area (Å²) in [4.78, 5) is 35.3. The highest BCUT2D eigenvalue weighted by molar-refractivity contribution is 5.98. The molecule has 290 valence electrons. The van der Waals surface area contributed by atoms with Crippen LogP contribution in [0.3, 0.4) is 0 Å². The number of nitrogens with one attached hydrogen (secondary N) is 1. The lowest BCUT2D eigenvalue weighted by atomic mass is 10.1. The Morgan fingerprint density at radius 3 is 1.51 bits per heavy atom. The van der Waals surface area contributed by atoms with Gasteiger partial charge < -0.3 is 48.1 Å². The van der Waals surface area contributed by atoms with Gasteiger partial charge in [0.2, 0.25) is 23.5 Å². The molecule has 14 heteroatoms. The first-order chi connectivity index (χ1) is 26.7. The minimum absolute atomic E-state index is 0.253. The lowest BCUT2D eigenvalue weighted by molar-refractivity contribution is 0.0591. The predicted molar refractivity (Wildman–Crippen MR) is 207 cm³/mol. The second-order valence-electron chi connectivity index (χ2n) is 11.5. The van der Waals surface area contributed by atoms with Gasteiger partial charge in [0, 0.05) is 31.8 Å². The fourth-order valence-electron chi connectivity index (χ4n) is 5.41. The van der Waals surface area contributed by atoms with E-state index in [1.165, 1.54) is 48.7 Å². The normalized spacial score (nSPS) is 10.2. The van der Waals surface area contributed by atoms with Crippen molar-refractivity contribution in [1.29, 1.82) is 0 Å². The molecule has 0 saturated carbocycles. The van der Waals surface area contributed by atoms with E-state index < -0.39 is 11.9 Å². The minimum atomic E-state index is -0.508. The van der Waals surface area contributed by atoms with Crippen molar-refractivity contribution in [3.05, 3.63) is 119 Å². The predicted octanol–water partition coefficient (Wildman–Crippen LogP) is 6.61. The Kier molecular flexibility index (Phi) is 15.3. The number of benzene rings is 3. The van der Waals surface area contributed by atoms with Crippen LogP contribution in [0.1, 0.15) is 37.4 Å². The van der Waals surface area contributed by atoms with Gasteiger partial charge in [-0.05, 0) is 41.0 Å². The summed E-state index contributed by atoms with van der Waals surface area (Å²) in [6.45, 7) is 1.51. The fourth-order valence-corrected chi connectivity index (χ4v) is 5.41. The molecule has 0 unspecified atom stereocenters. The monoisotopic (exact) mass is 754 g/mol. The van der Waals surface area contributed by atoms with Crippen LogP contribution in [0.15, 0.2) is 91.0 Å². The average Bonchev–Trinajstić information content (AvgIpc) is 3.24. The van der Waals surface area contributed by atoms with E-state index in [4.69, 9.17) is 37.9 Å². The van der Waals surface area contributed by atoms with Crippen LogP contribution in [0.4, 0.5) is 11.4 Å². The van der Waals surface area contributed by atoms with Crippen LogP contribution in [0.2, 0.25) is 0 Å². The van der Waals surface area contributed by atoms with Crippen molar-refractivity contribution in [1.82, 2.24) is 9.97 Å². The molecule has 0 atom stereocenters. The van der Waals surface area contributed by atoms with Gasteiger partial charge in [-0.3, -0.25) is 0 Å². The maximum absolute atomic E-state index is 12.7. The number of hydrogen-bond donors (Lipinski definition) is 1. The molecule has 0 amide bonds. The van der Waals surface area contributed by atoms with Crippen molar-refractivity contribution >= 4 is 23.3 Å². The van der Waals surface area contributed by atoms with Crippen molar-refractivity contribution in [2.24, 2.45) is 0 Å². The summed E-state index contributed by atoms with van der Waals surface area (Å²) in [5.41, 5.74) is 4.70. The van der Waals surface area contributed by atoms with Crippen molar-refractivity contribution in [2.75, 3.05) is 67.1 Å². The maximum Gasteiger partial charge on any atom is 0.340 e. The van der Waals surface area contributed by atoms with Gasteiger partial charge in [0.25, 0.3) is 0 Å². The number of aromatic nitrogens is 2. The molecule has 2 heterocycles. The van der Waals surface area contributed by atoms with E-state index >= 15 is 0 Å². The first-order valence-corrected chi connectivity index (χ1v) is 16.9. The summed E-state index contributed by atoms with van der Waals surface area (Å²) >= 11 is 0. The first-order valence-electron chi connectivity index (χ1n) is 16.9. The molecule has 14 nitrogen and oxygen atoms in total. The van der Waals surface area contributed by atoms with Crippen molar-refractivity contribution in [2.45, 2.75) is 19.6 Å². The summed E-state index contributed by atoms with van der Waals surface area (Å²) in [6.07, 6.45) is 0. The number of hydrogen-bond acceptors (Lipinski definition) is 14. The molecule has 55 heavy (non-hydrogen) atoms. The topological polar surface area (TPSA) is 149 Å². The van der Waals surface area contributed by atoms with Crippen LogP contribution in [-0.2, 0) is 29.1 Å². The van der Waals surface area contributed by atoms with E-state index in [0.29, 0.717) is 36.6 Å². The number of methoxy groups -OCH3 is 8. The van der Waals surface area contributed by atoms with Crippen molar-refractivity contribution in [3.8, 4) is 35.0 Å². The molecule has 5 aromatic rings. The van der Waals surface area contributed by atoms with E-state index in [-0.39, 0.29) is 29.1 Å². The number of nitrogens with zero attached hydrogens (tertiary/aromatic N) is 3. The van der Waals surface area contributed by atoms with E-state index in [1.54, 1.807) is 20.3 Å². The molecule has 0 spiro atoms. The van der Waals surface area contributed by atoms with Gasteiger partial charge in [0.1, 0.15) is 22.9 Å². The largest absolute Gasteiger partial charge is 0.497 e. The van der Waals surface area contributed by atoms with E-state index in [2.05, 4.69) is 15.3 Å². The molecule has 0 radical (unpaired) electrons. The highest BCUT2D eigenvalue weighted by Crippen LogP contribution is 2.36. The zero-order chi connectivity index (χ0) is 39.7. The molecule has 1 N–H and O–H groups in total. The highest BCUT2D eigenvalue weighted by atomic mass is 16.5. The maximum atomic E-state index is 12.7. The highest BCUT2D eigenvalue weighted by Gasteiger charge is 2.26. The van der Waals surface area contributed by atoms with Gasteiger partial charge in [-0.15, -0.1) is 0 Å². The third kappa shape index (κ3) is 10.9. The van der Waals surface area contributed by atoms with Crippen LogP contribution < -0.4 is 38.6 Å².